The summed E-state index contributed by atoms with van der Waals surface area (Å²) in [6, 6.07) is 7.86. The Kier molecular flexibility index (Phi) is 4.25. The number of rotatable bonds is 3. The van der Waals surface area contributed by atoms with Crippen molar-refractivity contribution in [2.24, 2.45) is 5.92 Å². The van der Waals surface area contributed by atoms with Crippen molar-refractivity contribution >= 4 is 17.5 Å². The maximum absolute atomic E-state index is 12.1. The third-order valence-electron chi connectivity index (χ3n) is 3.57. The minimum atomic E-state index is -0.0102. The van der Waals surface area contributed by atoms with Gasteiger partial charge in [0.2, 0.25) is 5.91 Å². The second-order valence-corrected chi connectivity index (χ2v) is 5.36. The van der Waals surface area contributed by atoms with Crippen molar-refractivity contribution in [2.75, 3.05) is 6.54 Å². The lowest BCUT2D eigenvalue weighted by molar-refractivity contribution is -0.125. The second kappa shape index (κ2) is 5.72. The predicted molar refractivity (Wildman–Crippen MR) is 73.6 cm³/mol. The highest BCUT2D eigenvalue weighted by molar-refractivity contribution is 6.30. The monoisotopic (exact) mass is 266 g/mol. The molecule has 1 heterocycles. The molecule has 0 bridgehead atoms. The second-order valence-electron chi connectivity index (χ2n) is 4.92. The van der Waals surface area contributed by atoms with Crippen LogP contribution in [0.3, 0.4) is 0 Å². The van der Waals surface area contributed by atoms with E-state index in [4.69, 9.17) is 11.6 Å². The zero-order valence-corrected chi connectivity index (χ0v) is 11.5. The van der Waals surface area contributed by atoms with E-state index >= 15 is 0 Å². The largest absolute Gasteiger partial charge is 0.349 e. The fourth-order valence-electron chi connectivity index (χ4n) is 2.40. The van der Waals surface area contributed by atoms with E-state index in [0.29, 0.717) is 5.02 Å². The SMILES string of the molecule is CC1NCCC1C(=O)N[C@H](C)c1cccc(Cl)c1. The number of halogens is 1. The van der Waals surface area contributed by atoms with Gasteiger partial charge in [0.1, 0.15) is 0 Å². The van der Waals surface area contributed by atoms with Crippen LogP contribution in [0.25, 0.3) is 0 Å². The zero-order chi connectivity index (χ0) is 13.1. The smallest absolute Gasteiger partial charge is 0.225 e. The van der Waals surface area contributed by atoms with Crippen LogP contribution in [0.4, 0.5) is 0 Å². The van der Waals surface area contributed by atoms with Crippen molar-refractivity contribution in [1.29, 1.82) is 0 Å². The number of carbonyl (C=O) groups is 1. The third-order valence-corrected chi connectivity index (χ3v) is 3.80. The van der Waals surface area contributed by atoms with E-state index < -0.39 is 0 Å². The molecule has 1 aliphatic heterocycles. The fraction of sp³-hybridized carbons (Fsp3) is 0.500. The Morgan fingerprint density at radius 3 is 2.94 bits per heavy atom. The summed E-state index contributed by atoms with van der Waals surface area (Å²) in [5, 5.41) is 7.05. The van der Waals surface area contributed by atoms with E-state index in [9.17, 15) is 4.79 Å². The molecule has 0 saturated carbocycles. The molecule has 1 aromatic rings. The molecule has 1 saturated heterocycles. The Morgan fingerprint density at radius 2 is 2.33 bits per heavy atom. The highest BCUT2D eigenvalue weighted by atomic mass is 35.5. The van der Waals surface area contributed by atoms with Gasteiger partial charge in [-0.2, -0.15) is 0 Å². The summed E-state index contributed by atoms with van der Waals surface area (Å²) in [5.74, 6) is 0.201. The average Bonchev–Trinajstić information content (AvgIpc) is 2.75. The van der Waals surface area contributed by atoms with E-state index in [-0.39, 0.29) is 23.9 Å². The van der Waals surface area contributed by atoms with Crippen LogP contribution in [-0.2, 0) is 4.79 Å². The standard InChI is InChI=1S/C14H19ClN2O/c1-9(11-4-3-5-12(15)8-11)17-14(18)13-6-7-16-10(13)2/h3-5,8-10,13,16H,6-7H2,1-2H3,(H,17,18)/t9-,10?,13?/m1/s1. The normalized spacial score (nSPS) is 24.8. The number of hydrogen-bond donors (Lipinski definition) is 2. The Bertz CT molecular complexity index is 436. The lowest BCUT2D eigenvalue weighted by Crippen LogP contribution is -2.37. The maximum Gasteiger partial charge on any atom is 0.225 e. The Hall–Kier alpha value is -1.06. The van der Waals surface area contributed by atoms with Gasteiger partial charge in [-0.05, 0) is 44.5 Å². The molecule has 0 aliphatic carbocycles. The molecule has 98 valence electrons. The lowest BCUT2D eigenvalue weighted by Gasteiger charge is -2.19. The quantitative estimate of drug-likeness (QED) is 0.883. The van der Waals surface area contributed by atoms with Gasteiger partial charge in [0.05, 0.1) is 12.0 Å². The zero-order valence-electron chi connectivity index (χ0n) is 10.7. The van der Waals surface area contributed by atoms with Crippen LogP contribution in [0, 0.1) is 5.92 Å². The summed E-state index contributed by atoms with van der Waals surface area (Å²) < 4.78 is 0. The molecular formula is C14H19ClN2O. The van der Waals surface area contributed by atoms with E-state index in [1.54, 1.807) is 0 Å². The summed E-state index contributed by atoms with van der Waals surface area (Å²) in [7, 11) is 0. The van der Waals surface area contributed by atoms with Gasteiger partial charge in [-0.15, -0.1) is 0 Å². The number of nitrogens with one attached hydrogen (secondary N) is 2. The van der Waals surface area contributed by atoms with Crippen LogP contribution in [0.2, 0.25) is 5.02 Å². The van der Waals surface area contributed by atoms with E-state index in [0.717, 1.165) is 18.5 Å². The molecule has 2 unspecified atom stereocenters. The summed E-state index contributed by atoms with van der Waals surface area (Å²) >= 11 is 5.95. The Balaban J connectivity index is 1.98. The van der Waals surface area contributed by atoms with Crippen molar-refractivity contribution in [3.05, 3.63) is 34.9 Å². The van der Waals surface area contributed by atoms with E-state index in [2.05, 4.69) is 17.6 Å². The number of hydrogen-bond acceptors (Lipinski definition) is 2. The first-order valence-corrected chi connectivity index (χ1v) is 6.75. The molecule has 3 atom stereocenters. The molecule has 0 spiro atoms. The van der Waals surface area contributed by atoms with Crippen molar-refractivity contribution in [1.82, 2.24) is 10.6 Å². The number of amides is 1. The predicted octanol–water partition coefficient (Wildman–Crippen LogP) is 2.52. The van der Waals surface area contributed by atoms with Crippen LogP contribution >= 0.6 is 11.6 Å². The summed E-state index contributed by atoms with van der Waals surface area (Å²) in [5.41, 5.74) is 1.04. The third kappa shape index (κ3) is 3.03. The molecular weight excluding hydrogens is 248 g/mol. The van der Waals surface area contributed by atoms with Gasteiger partial charge in [0, 0.05) is 11.1 Å². The molecule has 2 rings (SSSR count). The summed E-state index contributed by atoms with van der Waals surface area (Å²) in [6.07, 6.45) is 0.912. The molecule has 3 nitrogen and oxygen atoms in total. The Labute approximate surface area is 113 Å². The van der Waals surface area contributed by atoms with Crippen LogP contribution in [0.1, 0.15) is 31.9 Å². The molecule has 2 N–H and O–H groups in total. The van der Waals surface area contributed by atoms with Gasteiger partial charge in [-0.1, -0.05) is 23.7 Å². The van der Waals surface area contributed by atoms with Gasteiger partial charge in [0.25, 0.3) is 0 Å². The fourth-order valence-corrected chi connectivity index (χ4v) is 2.60. The minimum absolute atomic E-state index is 0.0102. The van der Waals surface area contributed by atoms with Crippen molar-refractivity contribution in [2.45, 2.75) is 32.4 Å². The van der Waals surface area contributed by atoms with E-state index in [1.165, 1.54) is 0 Å². The van der Waals surface area contributed by atoms with Gasteiger partial charge in [-0.25, -0.2) is 0 Å². The summed E-state index contributed by atoms with van der Waals surface area (Å²) in [4.78, 5) is 12.1. The first-order valence-electron chi connectivity index (χ1n) is 6.37. The molecule has 4 heteroatoms. The van der Waals surface area contributed by atoms with Crippen LogP contribution in [-0.4, -0.2) is 18.5 Å². The molecule has 18 heavy (non-hydrogen) atoms. The molecule has 1 amide bonds. The van der Waals surface area contributed by atoms with Crippen LogP contribution < -0.4 is 10.6 Å². The van der Waals surface area contributed by atoms with Gasteiger partial charge < -0.3 is 10.6 Å². The van der Waals surface area contributed by atoms with Crippen LogP contribution in [0.5, 0.6) is 0 Å². The maximum atomic E-state index is 12.1. The van der Waals surface area contributed by atoms with Gasteiger partial charge >= 0.3 is 0 Å². The minimum Gasteiger partial charge on any atom is -0.349 e. The number of benzene rings is 1. The Morgan fingerprint density at radius 1 is 1.56 bits per heavy atom. The topological polar surface area (TPSA) is 41.1 Å². The molecule has 1 aromatic carbocycles. The first-order chi connectivity index (χ1) is 8.58. The van der Waals surface area contributed by atoms with Crippen molar-refractivity contribution < 1.29 is 4.79 Å². The first kappa shape index (κ1) is 13.4. The molecule has 0 radical (unpaired) electrons. The number of carbonyl (C=O) groups excluding carboxylic acids is 1. The highest BCUT2D eigenvalue weighted by Gasteiger charge is 2.29. The van der Waals surface area contributed by atoms with Gasteiger partial charge in [0.15, 0.2) is 0 Å². The van der Waals surface area contributed by atoms with Crippen molar-refractivity contribution in [3.8, 4) is 0 Å². The lowest BCUT2D eigenvalue weighted by atomic mass is 10.00. The molecule has 0 aromatic heterocycles. The van der Waals surface area contributed by atoms with Gasteiger partial charge in [-0.3, -0.25) is 4.79 Å². The highest BCUT2D eigenvalue weighted by Crippen LogP contribution is 2.20. The van der Waals surface area contributed by atoms with E-state index in [1.807, 2.05) is 31.2 Å². The molecule has 1 aliphatic rings. The van der Waals surface area contributed by atoms with Crippen LogP contribution in [0.15, 0.2) is 24.3 Å². The molecule has 1 fully saturated rings. The average molecular weight is 267 g/mol. The van der Waals surface area contributed by atoms with Crippen molar-refractivity contribution in [3.63, 3.8) is 0 Å². The summed E-state index contributed by atoms with van der Waals surface area (Å²) in [6.45, 7) is 4.96.